The van der Waals surface area contributed by atoms with Crippen molar-refractivity contribution in [3.8, 4) is 5.75 Å². The Hall–Kier alpha value is -3.78. The normalized spacial score (nSPS) is 14.8. The van der Waals surface area contributed by atoms with E-state index >= 15 is 0 Å². The summed E-state index contributed by atoms with van der Waals surface area (Å²) in [6.45, 7) is 5.68. The van der Waals surface area contributed by atoms with E-state index in [1.165, 1.54) is 4.90 Å². The van der Waals surface area contributed by atoms with E-state index in [1.807, 2.05) is 79.5 Å². The first kappa shape index (κ1) is 25.3. The lowest BCUT2D eigenvalue weighted by molar-refractivity contribution is -0.134. The third-order valence-corrected chi connectivity index (χ3v) is 6.68. The monoisotopic (exact) mass is 490 g/mol. The van der Waals surface area contributed by atoms with Crippen molar-refractivity contribution in [3.05, 3.63) is 83.2 Å². The number of benzene rings is 2. The largest absolute Gasteiger partial charge is 0.496 e. The molecule has 190 valence electrons. The van der Waals surface area contributed by atoms with E-state index in [0.717, 1.165) is 33.8 Å². The minimum atomic E-state index is -0.327. The van der Waals surface area contributed by atoms with Crippen molar-refractivity contribution in [2.24, 2.45) is 0 Å². The van der Waals surface area contributed by atoms with Crippen molar-refractivity contribution >= 4 is 17.6 Å². The number of para-hydroxylation sites is 2. The molecule has 0 bridgehead atoms. The molecule has 2 aromatic carbocycles. The van der Waals surface area contributed by atoms with Gasteiger partial charge in [0.25, 0.3) is 0 Å². The van der Waals surface area contributed by atoms with Crippen LogP contribution in [0.1, 0.15) is 28.4 Å². The molecule has 0 saturated carbocycles. The Labute approximate surface area is 212 Å². The van der Waals surface area contributed by atoms with Crippen LogP contribution in [0.25, 0.3) is 0 Å². The molecule has 1 aliphatic heterocycles. The molecule has 1 atom stereocenters. The van der Waals surface area contributed by atoms with Crippen molar-refractivity contribution in [1.82, 2.24) is 14.4 Å². The van der Waals surface area contributed by atoms with Crippen LogP contribution in [0.2, 0.25) is 0 Å². The molecule has 0 aliphatic carbocycles. The van der Waals surface area contributed by atoms with Crippen LogP contribution in [0.3, 0.4) is 0 Å². The summed E-state index contributed by atoms with van der Waals surface area (Å²) in [6, 6.07) is 17.0. The highest BCUT2D eigenvalue weighted by molar-refractivity contribution is 5.93. The van der Waals surface area contributed by atoms with Crippen LogP contribution in [0.4, 0.5) is 10.5 Å². The Morgan fingerprint density at radius 2 is 1.75 bits per heavy atom. The quantitative estimate of drug-likeness (QED) is 0.513. The first-order valence-electron chi connectivity index (χ1n) is 12.1. The van der Waals surface area contributed by atoms with E-state index in [9.17, 15) is 9.59 Å². The molecule has 0 saturated heterocycles. The summed E-state index contributed by atoms with van der Waals surface area (Å²) in [6.07, 6.45) is 2.03. The summed E-state index contributed by atoms with van der Waals surface area (Å²) in [5.74, 6) is 0.588. The van der Waals surface area contributed by atoms with Crippen LogP contribution in [0.5, 0.6) is 5.75 Å². The van der Waals surface area contributed by atoms with Gasteiger partial charge in [-0.05, 0) is 43.2 Å². The van der Waals surface area contributed by atoms with Gasteiger partial charge in [0.2, 0.25) is 5.91 Å². The Morgan fingerprint density at radius 3 is 2.47 bits per heavy atom. The highest BCUT2D eigenvalue weighted by Gasteiger charge is 2.35. The molecular weight excluding hydrogens is 456 g/mol. The number of rotatable bonds is 8. The molecule has 8 nitrogen and oxygen atoms in total. The Kier molecular flexibility index (Phi) is 7.95. The molecule has 0 radical (unpaired) electrons. The zero-order valence-electron chi connectivity index (χ0n) is 21.4. The minimum Gasteiger partial charge on any atom is -0.496 e. The van der Waals surface area contributed by atoms with Gasteiger partial charge < -0.3 is 29.2 Å². The van der Waals surface area contributed by atoms with E-state index in [0.29, 0.717) is 26.2 Å². The average Bonchev–Trinajstić information content (AvgIpc) is 3.37. The van der Waals surface area contributed by atoms with Gasteiger partial charge in [-0.1, -0.05) is 36.4 Å². The summed E-state index contributed by atoms with van der Waals surface area (Å²) < 4.78 is 13.0. The third kappa shape index (κ3) is 5.23. The van der Waals surface area contributed by atoms with Gasteiger partial charge in [0, 0.05) is 49.9 Å². The van der Waals surface area contributed by atoms with Gasteiger partial charge in [0.1, 0.15) is 18.3 Å². The van der Waals surface area contributed by atoms with Crippen LogP contribution in [0, 0.1) is 13.8 Å². The number of anilines is 1. The first-order chi connectivity index (χ1) is 17.4. The topological polar surface area (TPSA) is 76.0 Å². The summed E-state index contributed by atoms with van der Waals surface area (Å²) in [4.78, 5) is 30.5. The second-order valence-electron chi connectivity index (χ2n) is 8.97. The second kappa shape index (κ2) is 11.3. The number of hydrogen-bond donors (Lipinski definition) is 1. The molecule has 36 heavy (non-hydrogen) atoms. The van der Waals surface area contributed by atoms with Crippen LogP contribution < -0.4 is 10.1 Å². The van der Waals surface area contributed by atoms with Crippen molar-refractivity contribution in [1.29, 1.82) is 0 Å². The lowest BCUT2D eigenvalue weighted by Gasteiger charge is -2.39. The SMILES string of the molecule is COCCN(CC(=O)N1CCn2cccc2C1c1ccccc1OC)C(=O)Nc1c(C)cccc1C. The number of carbonyl (C=O) groups is 2. The number of fused-ring (bicyclic) bond motifs is 1. The van der Waals surface area contributed by atoms with Gasteiger partial charge in [0.05, 0.1) is 13.7 Å². The number of urea groups is 1. The van der Waals surface area contributed by atoms with Gasteiger partial charge in [-0.3, -0.25) is 4.79 Å². The van der Waals surface area contributed by atoms with Crippen molar-refractivity contribution in [3.63, 3.8) is 0 Å². The van der Waals surface area contributed by atoms with E-state index < -0.39 is 0 Å². The highest BCUT2D eigenvalue weighted by atomic mass is 16.5. The standard InChI is InChI=1S/C28H34N4O4/c1-20-9-7-10-21(2)26(20)29-28(34)31(17-18-35-3)19-25(33)32-16-15-30-14-8-12-23(30)27(32)22-11-5-6-13-24(22)36-4/h5-14,27H,15-19H2,1-4H3,(H,29,34). The summed E-state index contributed by atoms with van der Waals surface area (Å²) in [5, 5.41) is 3.01. The van der Waals surface area contributed by atoms with Crippen LogP contribution in [0.15, 0.2) is 60.8 Å². The maximum Gasteiger partial charge on any atom is 0.322 e. The molecule has 3 aromatic rings. The fourth-order valence-electron chi connectivity index (χ4n) is 4.78. The molecule has 1 unspecified atom stereocenters. The zero-order chi connectivity index (χ0) is 25.7. The van der Waals surface area contributed by atoms with Crippen LogP contribution in [-0.4, -0.2) is 66.8 Å². The number of aryl methyl sites for hydroxylation is 2. The van der Waals surface area contributed by atoms with Gasteiger partial charge >= 0.3 is 6.03 Å². The minimum absolute atomic E-state index is 0.0630. The third-order valence-electron chi connectivity index (χ3n) is 6.68. The van der Waals surface area contributed by atoms with Gasteiger partial charge in [0.15, 0.2) is 0 Å². The van der Waals surface area contributed by atoms with Crippen molar-refractivity contribution < 1.29 is 19.1 Å². The van der Waals surface area contributed by atoms with E-state index in [4.69, 9.17) is 9.47 Å². The number of hydrogen-bond acceptors (Lipinski definition) is 4. The summed E-state index contributed by atoms with van der Waals surface area (Å²) in [7, 11) is 3.22. The molecule has 0 spiro atoms. The molecule has 1 aromatic heterocycles. The maximum atomic E-state index is 13.8. The maximum absolute atomic E-state index is 13.8. The first-order valence-corrected chi connectivity index (χ1v) is 12.1. The molecule has 1 aliphatic rings. The number of carbonyl (C=O) groups excluding carboxylic acids is 2. The van der Waals surface area contributed by atoms with Crippen molar-refractivity contribution in [2.45, 2.75) is 26.4 Å². The van der Waals surface area contributed by atoms with Gasteiger partial charge in [-0.25, -0.2) is 4.79 Å². The zero-order valence-corrected chi connectivity index (χ0v) is 21.4. The number of nitrogens with one attached hydrogen (secondary N) is 1. The Balaban J connectivity index is 1.60. The highest BCUT2D eigenvalue weighted by Crippen LogP contribution is 2.37. The van der Waals surface area contributed by atoms with Gasteiger partial charge in [-0.2, -0.15) is 0 Å². The molecule has 2 heterocycles. The van der Waals surface area contributed by atoms with E-state index in [-0.39, 0.29) is 24.5 Å². The smallest absolute Gasteiger partial charge is 0.322 e. The number of ether oxygens (including phenoxy) is 2. The number of methoxy groups -OCH3 is 2. The average molecular weight is 491 g/mol. The lowest BCUT2D eigenvalue weighted by atomic mass is 9.98. The lowest BCUT2D eigenvalue weighted by Crippen LogP contribution is -2.49. The molecule has 1 N–H and O–H groups in total. The van der Waals surface area contributed by atoms with E-state index in [1.54, 1.807) is 14.2 Å². The Bertz CT molecular complexity index is 1200. The molecule has 0 fully saturated rings. The fraction of sp³-hybridized carbons (Fsp3) is 0.357. The number of nitrogens with zero attached hydrogens (tertiary/aromatic N) is 3. The summed E-state index contributed by atoms with van der Waals surface area (Å²) >= 11 is 0. The molecule has 8 heteroatoms. The van der Waals surface area contributed by atoms with Gasteiger partial charge in [-0.15, -0.1) is 0 Å². The van der Waals surface area contributed by atoms with Crippen LogP contribution in [-0.2, 0) is 16.1 Å². The second-order valence-corrected chi connectivity index (χ2v) is 8.97. The summed E-state index contributed by atoms with van der Waals surface area (Å²) in [5.41, 5.74) is 4.63. The molecule has 3 amide bonds. The predicted octanol–water partition coefficient (Wildman–Crippen LogP) is 4.23. The molecular formula is C28H34N4O4. The van der Waals surface area contributed by atoms with E-state index in [2.05, 4.69) is 9.88 Å². The fourth-order valence-corrected chi connectivity index (χ4v) is 4.78. The number of aromatic nitrogens is 1. The molecule has 4 rings (SSSR count). The predicted molar refractivity (Wildman–Crippen MR) is 139 cm³/mol. The number of amides is 3. The van der Waals surface area contributed by atoms with Crippen molar-refractivity contribution in [2.75, 3.05) is 45.8 Å². The van der Waals surface area contributed by atoms with Crippen LogP contribution >= 0.6 is 0 Å². The Morgan fingerprint density at radius 1 is 1.00 bits per heavy atom.